The number of aliphatic hydroxyl groups excluding tert-OH is 1. The van der Waals surface area contributed by atoms with Gasteiger partial charge in [0.15, 0.2) is 5.82 Å². The lowest BCUT2D eigenvalue weighted by atomic mass is 9.49. The lowest BCUT2D eigenvalue weighted by Crippen LogP contribution is -2.62. The maximum Gasteiger partial charge on any atom is 0.246 e. The minimum atomic E-state index is -0.841. The molecule has 3 amide bonds. The molecule has 18 heteroatoms. The summed E-state index contributed by atoms with van der Waals surface area (Å²) in [5, 5.41) is 39.7. The number of piperazine rings is 1. The third kappa shape index (κ3) is 9.48. The van der Waals surface area contributed by atoms with Crippen molar-refractivity contribution in [1.29, 1.82) is 0 Å². The molecule has 3 saturated heterocycles. The number of carbonyl (C=O) groups is 3. The van der Waals surface area contributed by atoms with Gasteiger partial charge in [-0.2, -0.15) is 0 Å². The summed E-state index contributed by atoms with van der Waals surface area (Å²) < 4.78 is 0. The van der Waals surface area contributed by atoms with Gasteiger partial charge in [-0.15, -0.1) is 21.5 Å². The molecule has 0 unspecified atom stereocenters. The Kier molecular flexibility index (Phi) is 12.9. The van der Waals surface area contributed by atoms with Gasteiger partial charge in [-0.25, -0.2) is 15.0 Å². The second-order valence-electron chi connectivity index (χ2n) is 22.3. The predicted molar refractivity (Wildman–Crippen MR) is 276 cm³/mol. The van der Waals surface area contributed by atoms with Crippen molar-refractivity contribution in [2.45, 2.75) is 115 Å². The van der Waals surface area contributed by atoms with E-state index in [1.54, 1.807) is 23.5 Å². The maximum atomic E-state index is 14.3. The fraction of sp³-hybridized carbons (Fsp3) is 0.519. The van der Waals surface area contributed by atoms with Gasteiger partial charge < -0.3 is 45.8 Å². The van der Waals surface area contributed by atoms with E-state index in [2.05, 4.69) is 51.9 Å². The number of likely N-dealkylation sites (tertiary alicyclic amines) is 2. The average molecular weight is 995 g/mol. The van der Waals surface area contributed by atoms with Gasteiger partial charge in [0.05, 0.1) is 39.6 Å². The number of thiazole rings is 1. The third-order valence-corrected chi connectivity index (χ3v) is 17.4. The largest absolute Gasteiger partial charge is 0.507 e. The zero-order chi connectivity index (χ0) is 49.9. The normalized spacial score (nSPS) is 25.7. The summed E-state index contributed by atoms with van der Waals surface area (Å²) in [6.45, 7) is 13.3. The number of aryl methyl sites for hydroxylation is 1. The number of fused-ring (bicyclic) bond motifs is 3. The highest BCUT2D eigenvalue weighted by atomic mass is 32.1. The molecular formula is C54H66N12O5S. The zero-order valence-corrected chi connectivity index (χ0v) is 42.4. The Labute approximate surface area is 424 Å². The summed E-state index contributed by atoms with van der Waals surface area (Å²) >= 11 is 1.59. The second-order valence-corrected chi connectivity index (χ2v) is 23.2. The van der Waals surface area contributed by atoms with Crippen LogP contribution in [0.25, 0.3) is 21.7 Å². The topological polar surface area (TPSA) is 205 Å². The summed E-state index contributed by atoms with van der Waals surface area (Å²) in [5.74, 6) is 1.20. The SMILES string of the molecule is Cc1ncsc1-c1ccc(CNC(=O)[C@@H]2C[C@@H](O)CN2C(=O)[C@@H](NC(=O)C2CC3(C2)CC(N2CCC(c4ccnc(N5CCN6c7cc(-c8ccccc8O)nnc7NC[C@@H]6C5)n4)CC2)C3)C(C)(C)C)cc1. The number of amides is 3. The molecule has 378 valence electrons. The third-order valence-electron chi connectivity index (χ3n) is 16.4. The summed E-state index contributed by atoms with van der Waals surface area (Å²) in [5.41, 5.74) is 7.79. The fourth-order valence-electron chi connectivity index (χ4n) is 12.3. The molecule has 5 aromatic rings. The van der Waals surface area contributed by atoms with E-state index in [1.807, 2.05) is 81.9 Å². The van der Waals surface area contributed by atoms with Gasteiger partial charge in [-0.3, -0.25) is 14.4 Å². The van der Waals surface area contributed by atoms with Crippen LogP contribution in [-0.2, 0) is 20.9 Å². The number of hydrogen-bond acceptors (Lipinski definition) is 15. The first-order chi connectivity index (χ1) is 34.7. The Bertz CT molecular complexity index is 2810. The van der Waals surface area contributed by atoms with Crippen LogP contribution in [0.1, 0.15) is 88.6 Å². The van der Waals surface area contributed by atoms with Crippen molar-refractivity contribution in [1.82, 2.24) is 45.6 Å². The Morgan fingerprint density at radius 1 is 0.917 bits per heavy atom. The van der Waals surface area contributed by atoms with Crippen LogP contribution in [0.2, 0.25) is 0 Å². The van der Waals surface area contributed by atoms with Crippen molar-refractivity contribution >= 4 is 46.5 Å². The number of β-amino-alcohol motifs (C(OH)–C–C–N with tert-alkyl or cyclic N) is 1. The van der Waals surface area contributed by atoms with E-state index in [9.17, 15) is 24.6 Å². The molecule has 17 nitrogen and oxygen atoms in total. The van der Waals surface area contributed by atoms with Gasteiger partial charge >= 0.3 is 0 Å². The van der Waals surface area contributed by atoms with Crippen LogP contribution in [0.5, 0.6) is 5.75 Å². The van der Waals surface area contributed by atoms with E-state index in [4.69, 9.17) is 9.97 Å². The Hall–Kier alpha value is -6.24. The number of nitrogens with zero attached hydrogens (tertiary/aromatic N) is 9. The molecule has 5 fully saturated rings. The van der Waals surface area contributed by atoms with Crippen LogP contribution < -0.4 is 25.8 Å². The number of aromatic nitrogens is 5. The molecular weight excluding hydrogens is 929 g/mol. The van der Waals surface area contributed by atoms with Gasteiger partial charge in [0.25, 0.3) is 0 Å². The van der Waals surface area contributed by atoms with Gasteiger partial charge in [-0.1, -0.05) is 57.2 Å². The summed E-state index contributed by atoms with van der Waals surface area (Å²) in [4.78, 5) is 66.0. The van der Waals surface area contributed by atoms with Crippen LogP contribution in [-0.4, -0.2) is 139 Å². The Balaban J connectivity index is 0.637. The van der Waals surface area contributed by atoms with Crippen LogP contribution >= 0.6 is 11.3 Å². The molecule has 1 spiro atoms. The van der Waals surface area contributed by atoms with Crippen molar-refractivity contribution in [2.75, 3.05) is 60.9 Å². The molecule has 3 aromatic heterocycles. The Morgan fingerprint density at radius 2 is 1.69 bits per heavy atom. The summed E-state index contributed by atoms with van der Waals surface area (Å²) in [6.07, 6.45) is 7.15. The summed E-state index contributed by atoms with van der Waals surface area (Å²) in [7, 11) is 0. The fourth-order valence-corrected chi connectivity index (χ4v) is 13.1. The zero-order valence-electron chi connectivity index (χ0n) is 41.6. The molecule has 2 aromatic carbocycles. The number of anilines is 3. The molecule has 72 heavy (non-hydrogen) atoms. The lowest BCUT2D eigenvalue weighted by molar-refractivity contribution is -0.150. The van der Waals surface area contributed by atoms with Gasteiger partial charge in [0.1, 0.15) is 17.8 Å². The number of piperidine rings is 1. The molecule has 4 atom stereocenters. The van der Waals surface area contributed by atoms with E-state index in [-0.39, 0.29) is 53.8 Å². The van der Waals surface area contributed by atoms with Crippen LogP contribution in [0.4, 0.5) is 17.5 Å². The number of benzene rings is 2. The van der Waals surface area contributed by atoms with E-state index >= 15 is 0 Å². The van der Waals surface area contributed by atoms with Crippen molar-refractivity contribution in [3.63, 3.8) is 0 Å². The first kappa shape index (κ1) is 48.1. The minimum absolute atomic E-state index is 0.0440. The standard InChI is InChI=1S/C54H66N12O5S/c1-32-46(72-31-58-32)35-11-9-33(10-12-35)27-57-50(70)44-21-39(67)30-66(44)51(71)47(53(2,3)4)60-49(69)36-23-54(24-36)25-37(26-54)63-17-14-34(15-18-63)41-13-16-55-52(59-41)64-19-20-65-38(29-64)28-56-48-43(65)22-42(61-62-48)40-7-5-6-8-45(40)68/h5-13,16,22,31,34,36-39,44,47,67-68H,14-15,17-21,23-30H2,1-4H3,(H,56,62)(H,57,70)(H,60,69)/t36?,37?,38-,39-,44+,47-,54?/m1/s1. The van der Waals surface area contributed by atoms with E-state index in [0.29, 0.717) is 29.8 Å². The first-order valence-electron chi connectivity index (χ1n) is 25.7. The molecule has 0 radical (unpaired) electrons. The predicted octanol–water partition coefficient (Wildman–Crippen LogP) is 5.74. The van der Waals surface area contributed by atoms with Gasteiger partial charge in [0, 0.05) is 81.0 Å². The lowest BCUT2D eigenvalue weighted by Gasteiger charge is -2.60. The monoisotopic (exact) mass is 994 g/mol. The van der Waals surface area contributed by atoms with Crippen molar-refractivity contribution in [3.8, 4) is 27.4 Å². The molecule has 6 aliphatic rings. The number of para-hydroxylation sites is 1. The highest BCUT2D eigenvalue weighted by Crippen LogP contribution is 2.60. The molecule has 11 rings (SSSR count). The number of rotatable bonds is 11. The van der Waals surface area contributed by atoms with Crippen LogP contribution in [0, 0.1) is 23.7 Å². The van der Waals surface area contributed by atoms with Gasteiger partial charge in [0.2, 0.25) is 23.7 Å². The number of nitrogens with one attached hydrogen (secondary N) is 3. The number of aliphatic hydroxyl groups is 1. The molecule has 0 bridgehead atoms. The minimum Gasteiger partial charge on any atom is -0.507 e. The van der Waals surface area contributed by atoms with Crippen molar-refractivity contribution in [2.24, 2.45) is 16.7 Å². The van der Waals surface area contributed by atoms with Crippen molar-refractivity contribution < 1.29 is 24.6 Å². The number of aromatic hydroxyl groups is 1. The highest BCUT2D eigenvalue weighted by Gasteiger charge is 2.57. The van der Waals surface area contributed by atoms with Gasteiger partial charge in [-0.05, 0) is 105 Å². The number of phenols is 1. The van der Waals surface area contributed by atoms with Crippen LogP contribution in [0.15, 0.2) is 72.4 Å². The first-order valence-corrected chi connectivity index (χ1v) is 26.6. The molecule has 5 N–H and O–H groups in total. The molecule has 2 saturated carbocycles. The highest BCUT2D eigenvalue weighted by molar-refractivity contribution is 7.13. The van der Waals surface area contributed by atoms with E-state index < -0.39 is 23.6 Å². The maximum absolute atomic E-state index is 14.3. The Morgan fingerprint density at radius 3 is 2.43 bits per heavy atom. The van der Waals surface area contributed by atoms with E-state index in [0.717, 1.165) is 123 Å². The molecule has 4 aliphatic heterocycles. The average Bonchev–Trinajstić information content (AvgIpc) is 3.98. The van der Waals surface area contributed by atoms with Crippen LogP contribution in [0.3, 0.4) is 0 Å². The second kappa shape index (κ2) is 19.3. The van der Waals surface area contributed by atoms with Crippen molar-refractivity contribution in [3.05, 3.63) is 89.3 Å². The number of phenolic OH excluding ortho intramolecular Hbond substituents is 1. The summed E-state index contributed by atoms with van der Waals surface area (Å²) in [6, 6.07) is 18.4. The quantitative estimate of drug-likeness (QED) is 0.107. The molecule has 2 aliphatic carbocycles. The molecule has 7 heterocycles. The smallest absolute Gasteiger partial charge is 0.246 e. The number of carbonyl (C=O) groups excluding carboxylic acids is 3. The number of hydrogen-bond donors (Lipinski definition) is 5. The van der Waals surface area contributed by atoms with E-state index in [1.165, 1.54) is 4.90 Å².